The SMILES string of the molecule is C[C@@H]1C[C@H](C)CN(C(=O)Cn2c(=O)n(CCc3cccs3)c(=O)c3sccc32)C1. The number of amides is 1. The number of nitrogens with zero attached hydrogens (tertiary/aromatic N) is 3. The molecule has 0 aromatic carbocycles. The van der Waals surface area contributed by atoms with E-state index in [-0.39, 0.29) is 18.0 Å². The number of likely N-dealkylation sites (tertiary alicyclic amines) is 1. The summed E-state index contributed by atoms with van der Waals surface area (Å²) in [7, 11) is 0. The molecule has 3 aromatic heterocycles. The number of carbonyl (C=O) groups excluding carboxylic acids is 1. The van der Waals surface area contributed by atoms with E-state index in [1.54, 1.807) is 22.8 Å². The average Bonchev–Trinajstić information content (AvgIpc) is 3.36. The van der Waals surface area contributed by atoms with Gasteiger partial charge in [0.25, 0.3) is 5.56 Å². The van der Waals surface area contributed by atoms with Crippen molar-refractivity contribution in [3.63, 3.8) is 0 Å². The van der Waals surface area contributed by atoms with Crippen molar-refractivity contribution in [3.05, 3.63) is 54.7 Å². The molecular formula is C21H25N3O3S2. The molecule has 1 aliphatic heterocycles. The highest BCUT2D eigenvalue weighted by Gasteiger charge is 2.26. The minimum atomic E-state index is -0.399. The maximum absolute atomic E-state index is 13.2. The van der Waals surface area contributed by atoms with Crippen molar-refractivity contribution >= 4 is 38.8 Å². The van der Waals surface area contributed by atoms with Gasteiger partial charge in [0.2, 0.25) is 5.91 Å². The highest BCUT2D eigenvalue weighted by Crippen LogP contribution is 2.22. The third kappa shape index (κ3) is 4.09. The van der Waals surface area contributed by atoms with Crippen LogP contribution in [0.2, 0.25) is 0 Å². The summed E-state index contributed by atoms with van der Waals surface area (Å²) in [6.45, 7) is 6.06. The summed E-state index contributed by atoms with van der Waals surface area (Å²) < 4.78 is 3.30. The maximum Gasteiger partial charge on any atom is 0.332 e. The number of aryl methyl sites for hydroxylation is 1. The largest absolute Gasteiger partial charge is 0.341 e. The van der Waals surface area contributed by atoms with Crippen LogP contribution in [-0.4, -0.2) is 33.0 Å². The van der Waals surface area contributed by atoms with E-state index in [2.05, 4.69) is 13.8 Å². The number of carbonyl (C=O) groups is 1. The second kappa shape index (κ2) is 8.28. The Hall–Kier alpha value is -2.19. The lowest BCUT2D eigenvalue weighted by Crippen LogP contribution is -2.47. The molecule has 0 saturated carbocycles. The number of rotatable bonds is 5. The van der Waals surface area contributed by atoms with E-state index in [0.717, 1.165) is 24.4 Å². The zero-order valence-electron chi connectivity index (χ0n) is 16.7. The van der Waals surface area contributed by atoms with Gasteiger partial charge < -0.3 is 4.90 Å². The van der Waals surface area contributed by atoms with Gasteiger partial charge in [0.05, 0.1) is 5.52 Å². The fourth-order valence-electron chi connectivity index (χ4n) is 4.26. The molecule has 29 heavy (non-hydrogen) atoms. The molecule has 3 aromatic rings. The number of aromatic nitrogens is 2. The summed E-state index contributed by atoms with van der Waals surface area (Å²) in [5, 5.41) is 3.79. The smallest absolute Gasteiger partial charge is 0.332 e. The van der Waals surface area contributed by atoms with Gasteiger partial charge in [-0.15, -0.1) is 22.7 Å². The Kier molecular flexibility index (Phi) is 5.74. The summed E-state index contributed by atoms with van der Waals surface area (Å²) in [5.74, 6) is 0.863. The molecule has 1 aliphatic rings. The Bertz CT molecular complexity index is 1120. The monoisotopic (exact) mass is 431 g/mol. The van der Waals surface area contributed by atoms with Crippen LogP contribution in [0.15, 0.2) is 38.5 Å². The summed E-state index contributed by atoms with van der Waals surface area (Å²) in [6.07, 6.45) is 1.74. The van der Waals surface area contributed by atoms with E-state index in [9.17, 15) is 14.4 Å². The Labute approximate surface area is 177 Å². The second-order valence-electron chi connectivity index (χ2n) is 8.03. The van der Waals surface area contributed by atoms with Gasteiger partial charge in [-0.3, -0.25) is 18.7 Å². The standard InChI is InChI=1S/C21H25N3O3S2/c1-14-10-15(2)12-22(11-14)18(25)13-24-17-6-9-29-19(17)20(26)23(21(24)27)7-5-16-4-3-8-28-16/h3-4,6,8-9,14-15H,5,7,10-13H2,1-2H3/t14-,15+. The average molecular weight is 432 g/mol. The first-order valence-electron chi connectivity index (χ1n) is 9.95. The molecule has 0 radical (unpaired) electrons. The van der Waals surface area contributed by atoms with Gasteiger partial charge in [0.15, 0.2) is 0 Å². The van der Waals surface area contributed by atoms with E-state index in [0.29, 0.717) is 35.0 Å². The molecule has 4 rings (SSSR count). The van der Waals surface area contributed by atoms with Crippen LogP contribution in [0, 0.1) is 11.8 Å². The van der Waals surface area contributed by atoms with Crippen molar-refractivity contribution in [2.75, 3.05) is 13.1 Å². The first kappa shape index (κ1) is 20.1. The number of hydrogen-bond donors (Lipinski definition) is 0. The highest BCUT2D eigenvalue weighted by atomic mass is 32.1. The minimum Gasteiger partial charge on any atom is -0.341 e. The van der Waals surface area contributed by atoms with Gasteiger partial charge in [0.1, 0.15) is 11.2 Å². The first-order valence-corrected chi connectivity index (χ1v) is 11.7. The maximum atomic E-state index is 13.2. The number of piperidine rings is 1. The van der Waals surface area contributed by atoms with Crippen LogP contribution in [0.5, 0.6) is 0 Å². The zero-order chi connectivity index (χ0) is 20.5. The fraction of sp³-hybridized carbons (Fsp3) is 0.476. The van der Waals surface area contributed by atoms with Crippen molar-refractivity contribution in [1.82, 2.24) is 14.0 Å². The topological polar surface area (TPSA) is 64.3 Å². The third-order valence-electron chi connectivity index (χ3n) is 5.51. The van der Waals surface area contributed by atoms with Gasteiger partial charge in [-0.2, -0.15) is 0 Å². The lowest BCUT2D eigenvalue weighted by atomic mass is 9.92. The molecule has 1 fully saturated rings. The Morgan fingerprint density at radius 3 is 2.52 bits per heavy atom. The molecule has 0 N–H and O–H groups in total. The van der Waals surface area contributed by atoms with Crippen molar-refractivity contribution < 1.29 is 4.79 Å². The molecule has 2 atom stereocenters. The third-order valence-corrected chi connectivity index (χ3v) is 7.34. The van der Waals surface area contributed by atoms with Crippen molar-refractivity contribution in [2.24, 2.45) is 11.8 Å². The minimum absolute atomic E-state index is 0.0230. The quantitative estimate of drug-likeness (QED) is 0.624. The van der Waals surface area contributed by atoms with Gasteiger partial charge in [-0.1, -0.05) is 19.9 Å². The molecule has 0 bridgehead atoms. The van der Waals surface area contributed by atoms with Crippen LogP contribution in [0.25, 0.3) is 10.2 Å². The summed E-state index contributed by atoms with van der Waals surface area (Å²) >= 11 is 2.93. The van der Waals surface area contributed by atoms with Gasteiger partial charge in [-0.05, 0) is 47.6 Å². The molecule has 4 heterocycles. The lowest BCUT2D eigenvalue weighted by molar-refractivity contribution is -0.134. The van der Waals surface area contributed by atoms with E-state index < -0.39 is 5.69 Å². The number of fused-ring (bicyclic) bond motifs is 1. The predicted molar refractivity (Wildman–Crippen MR) is 118 cm³/mol. The molecule has 154 valence electrons. The second-order valence-corrected chi connectivity index (χ2v) is 9.98. The van der Waals surface area contributed by atoms with Crippen molar-refractivity contribution in [2.45, 2.75) is 39.8 Å². The molecule has 0 aliphatic carbocycles. The fourth-order valence-corrected chi connectivity index (χ4v) is 5.80. The number of hydrogen-bond acceptors (Lipinski definition) is 5. The normalized spacial score (nSPS) is 19.7. The highest BCUT2D eigenvalue weighted by molar-refractivity contribution is 7.17. The lowest BCUT2D eigenvalue weighted by Gasteiger charge is -2.35. The van der Waals surface area contributed by atoms with Crippen LogP contribution >= 0.6 is 22.7 Å². The summed E-state index contributed by atoms with van der Waals surface area (Å²) in [6, 6.07) is 5.73. The van der Waals surface area contributed by atoms with E-state index in [1.165, 1.54) is 20.5 Å². The molecule has 8 heteroatoms. The van der Waals surface area contributed by atoms with Crippen molar-refractivity contribution in [3.8, 4) is 0 Å². The molecular weight excluding hydrogens is 406 g/mol. The Morgan fingerprint density at radius 2 is 1.83 bits per heavy atom. The van der Waals surface area contributed by atoms with Gasteiger partial charge in [-0.25, -0.2) is 4.79 Å². The van der Waals surface area contributed by atoms with E-state index in [4.69, 9.17) is 0 Å². The van der Waals surface area contributed by atoms with Crippen LogP contribution in [0.4, 0.5) is 0 Å². The first-order chi connectivity index (χ1) is 13.9. The summed E-state index contributed by atoms with van der Waals surface area (Å²) in [4.78, 5) is 42.0. The van der Waals surface area contributed by atoms with Crippen molar-refractivity contribution in [1.29, 1.82) is 0 Å². The molecule has 0 spiro atoms. The van der Waals surface area contributed by atoms with E-state index >= 15 is 0 Å². The van der Waals surface area contributed by atoms with Gasteiger partial charge >= 0.3 is 5.69 Å². The number of thiophene rings is 2. The van der Waals surface area contributed by atoms with Gasteiger partial charge in [0, 0.05) is 24.5 Å². The Morgan fingerprint density at radius 1 is 1.07 bits per heavy atom. The molecule has 0 unspecified atom stereocenters. The zero-order valence-corrected chi connectivity index (χ0v) is 18.3. The molecule has 1 saturated heterocycles. The predicted octanol–water partition coefficient (Wildman–Crippen LogP) is 3.03. The van der Waals surface area contributed by atoms with Crippen LogP contribution < -0.4 is 11.2 Å². The summed E-state index contributed by atoms with van der Waals surface area (Å²) in [5.41, 5.74) is -0.104. The molecule has 6 nitrogen and oxygen atoms in total. The van der Waals surface area contributed by atoms with Crippen LogP contribution in [0.3, 0.4) is 0 Å². The Balaban J connectivity index is 1.66. The van der Waals surface area contributed by atoms with Crippen LogP contribution in [-0.2, 0) is 24.3 Å². The van der Waals surface area contributed by atoms with E-state index in [1.807, 2.05) is 22.4 Å². The molecule has 1 amide bonds. The van der Waals surface area contributed by atoms with Crippen LogP contribution in [0.1, 0.15) is 25.1 Å².